The topological polar surface area (TPSA) is 97.7 Å². The number of carbonyl (C=O) groups excluding carboxylic acids is 3. The second-order valence-electron chi connectivity index (χ2n) is 9.41. The highest BCUT2D eigenvalue weighted by Gasteiger charge is 2.34. The summed E-state index contributed by atoms with van der Waals surface area (Å²) >= 11 is 0. The number of carbonyl (C=O) groups is 3. The van der Waals surface area contributed by atoms with Crippen LogP contribution in [0, 0.1) is 0 Å². The van der Waals surface area contributed by atoms with Crippen LogP contribution in [0.5, 0.6) is 17.2 Å². The fourth-order valence-corrected chi connectivity index (χ4v) is 4.84. The predicted octanol–water partition coefficient (Wildman–Crippen LogP) is 4.80. The average Bonchev–Trinajstić information content (AvgIpc) is 3.24. The number of ether oxygens (including phenoxy) is 3. The van der Waals surface area contributed by atoms with Crippen molar-refractivity contribution in [1.82, 2.24) is 9.91 Å². The molecule has 40 heavy (non-hydrogen) atoms. The molecule has 9 nitrogen and oxygen atoms in total. The molecule has 5 rings (SSSR count). The number of fused-ring (bicyclic) bond motifs is 1. The van der Waals surface area contributed by atoms with Crippen molar-refractivity contribution in [3.05, 3.63) is 89.0 Å². The van der Waals surface area contributed by atoms with E-state index in [1.165, 1.54) is 9.91 Å². The zero-order valence-corrected chi connectivity index (χ0v) is 22.6. The van der Waals surface area contributed by atoms with Crippen molar-refractivity contribution < 1.29 is 28.6 Å². The number of hydrogen-bond acceptors (Lipinski definition) is 7. The van der Waals surface area contributed by atoms with Crippen molar-refractivity contribution in [2.45, 2.75) is 26.2 Å². The average molecular weight is 542 g/mol. The smallest absolute Gasteiger partial charge is 0.274 e. The fraction of sp³-hybridized carbons (Fsp3) is 0.290. The molecule has 2 aliphatic rings. The van der Waals surface area contributed by atoms with Gasteiger partial charge in [0.1, 0.15) is 5.75 Å². The molecule has 0 saturated heterocycles. The molecular formula is C31H31N3O6. The Bertz CT molecular complexity index is 1430. The maximum absolute atomic E-state index is 13.3. The quantitative estimate of drug-likeness (QED) is 0.270. The number of hydrazone groups is 1. The molecule has 9 heteroatoms. The van der Waals surface area contributed by atoms with Crippen molar-refractivity contribution >= 4 is 23.4 Å². The summed E-state index contributed by atoms with van der Waals surface area (Å²) in [5.74, 6) is 1.05. The van der Waals surface area contributed by atoms with E-state index in [9.17, 15) is 14.4 Å². The first-order valence-electron chi connectivity index (χ1n) is 13.4. The molecule has 2 heterocycles. The second-order valence-corrected chi connectivity index (χ2v) is 9.41. The van der Waals surface area contributed by atoms with E-state index in [2.05, 4.69) is 5.10 Å². The highest BCUT2D eigenvalue weighted by Crippen LogP contribution is 2.30. The van der Waals surface area contributed by atoms with Gasteiger partial charge in [0.05, 0.1) is 37.2 Å². The van der Waals surface area contributed by atoms with Crippen LogP contribution in [-0.4, -0.2) is 66.8 Å². The van der Waals surface area contributed by atoms with Gasteiger partial charge in [-0.25, -0.2) is 5.01 Å². The summed E-state index contributed by atoms with van der Waals surface area (Å²) < 4.78 is 16.9. The predicted molar refractivity (Wildman–Crippen MR) is 149 cm³/mol. The lowest BCUT2D eigenvalue weighted by atomic mass is 10.0. The maximum Gasteiger partial charge on any atom is 0.274 e. The molecule has 0 spiro atoms. The van der Waals surface area contributed by atoms with Gasteiger partial charge in [-0.1, -0.05) is 18.2 Å². The molecule has 0 N–H and O–H groups in total. The molecule has 0 saturated carbocycles. The molecular weight excluding hydrogens is 510 g/mol. The van der Waals surface area contributed by atoms with Crippen molar-refractivity contribution in [2.24, 2.45) is 5.10 Å². The first kappa shape index (κ1) is 26.9. The van der Waals surface area contributed by atoms with E-state index in [1.807, 2.05) is 25.1 Å². The van der Waals surface area contributed by atoms with Crippen LogP contribution in [0.1, 0.15) is 62.8 Å². The molecule has 0 bridgehead atoms. The summed E-state index contributed by atoms with van der Waals surface area (Å²) in [7, 11) is 1.60. The van der Waals surface area contributed by atoms with Crippen molar-refractivity contribution in [3.8, 4) is 17.2 Å². The lowest BCUT2D eigenvalue weighted by Gasteiger charge is -2.24. The van der Waals surface area contributed by atoms with Gasteiger partial charge in [0.15, 0.2) is 11.5 Å². The van der Waals surface area contributed by atoms with E-state index in [0.29, 0.717) is 53.5 Å². The molecule has 0 unspecified atom stereocenters. The molecule has 0 radical (unpaired) electrons. The monoisotopic (exact) mass is 541 g/mol. The molecule has 0 aliphatic carbocycles. The van der Waals surface area contributed by atoms with Crippen LogP contribution in [0.15, 0.2) is 71.8 Å². The summed E-state index contributed by atoms with van der Waals surface area (Å²) in [6.07, 6.45) is 2.00. The van der Waals surface area contributed by atoms with Gasteiger partial charge in [-0.15, -0.1) is 0 Å². The number of methoxy groups -OCH3 is 1. The molecule has 3 aromatic rings. The fourth-order valence-electron chi connectivity index (χ4n) is 4.84. The lowest BCUT2D eigenvalue weighted by molar-refractivity contribution is 0.0645. The number of imide groups is 1. The van der Waals surface area contributed by atoms with Crippen LogP contribution in [-0.2, 0) is 0 Å². The zero-order valence-electron chi connectivity index (χ0n) is 22.6. The van der Waals surface area contributed by atoms with Crippen LogP contribution in [0.3, 0.4) is 0 Å². The van der Waals surface area contributed by atoms with Gasteiger partial charge in [0.25, 0.3) is 17.7 Å². The van der Waals surface area contributed by atoms with E-state index in [4.69, 9.17) is 14.2 Å². The number of benzene rings is 3. The van der Waals surface area contributed by atoms with Gasteiger partial charge in [0, 0.05) is 24.2 Å². The zero-order chi connectivity index (χ0) is 28.1. The largest absolute Gasteiger partial charge is 0.494 e. The first-order chi connectivity index (χ1) is 19.5. The number of rotatable bonds is 10. The van der Waals surface area contributed by atoms with Crippen LogP contribution in [0.2, 0.25) is 0 Å². The standard InChI is InChI=1S/C31H31N3O6/c1-3-39-28-20-21(14-15-27(28)38-2)26-13-7-17-34(32-26)29(35)22-9-6-10-23(19-22)40-18-8-16-33-30(36)24-11-4-5-12-25(24)31(33)37/h4-6,9-12,14-15,19-20H,3,7-8,13,16-18H2,1-2H3. The SMILES string of the molecule is CCOc1cc(C2=NN(C(=O)c3cccc(OCCCN4C(=O)c5ccccc5C4=O)c3)CCC2)ccc1OC. The minimum atomic E-state index is -0.279. The van der Waals surface area contributed by atoms with E-state index in [1.54, 1.807) is 55.6 Å². The van der Waals surface area contributed by atoms with Gasteiger partial charge < -0.3 is 14.2 Å². The van der Waals surface area contributed by atoms with Gasteiger partial charge >= 0.3 is 0 Å². The molecule has 206 valence electrons. The van der Waals surface area contributed by atoms with Gasteiger partial charge in [-0.2, -0.15) is 5.10 Å². The Labute approximate surface area is 232 Å². The van der Waals surface area contributed by atoms with Crippen LogP contribution >= 0.6 is 0 Å². The number of nitrogens with zero attached hydrogens (tertiary/aromatic N) is 3. The first-order valence-corrected chi connectivity index (χ1v) is 13.4. The normalized spacial score (nSPS) is 14.6. The third-order valence-corrected chi connectivity index (χ3v) is 6.81. The molecule has 0 atom stereocenters. The van der Waals surface area contributed by atoms with Gasteiger partial charge in [-0.05, 0) is 74.7 Å². The van der Waals surface area contributed by atoms with E-state index in [0.717, 1.165) is 24.1 Å². The lowest BCUT2D eigenvalue weighted by Crippen LogP contribution is -2.32. The molecule has 3 amide bonds. The van der Waals surface area contributed by atoms with E-state index in [-0.39, 0.29) is 30.9 Å². The Morgan fingerprint density at radius 1 is 0.925 bits per heavy atom. The van der Waals surface area contributed by atoms with E-state index < -0.39 is 0 Å². The van der Waals surface area contributed by atoms with E-state index >= 15 is 0 Å². The van der Waals surface area contributed by atoms with Crippen molar-refractivity contribution in [2.75, 3.05) is 33.4 Å². The Hall–Kier alpha value is -4.66. The van der Waals surface area contributed by atoms with Gasteiger partial charge in [0.2, 0.25) is 0 Å². The Morgan fingerprint density at radius 3 is 2.42 bits per heavy atom. The molecule has 0 aromatic heterocycles. The second kappa shape index (κ2) is 12.0. The summed E-state index contributed by atoms with van der Waals surface area (Å²) in [6, 6.07) is 19.5. The summed E-state index contributed by atoms with van der Waals surface area (Å²) in [6.45, 7) is 3.49. The summed E-state index contributed by atoms with van der Waals surface area (Å²) in [5, 5.41) is 6.15. The summed E-state index contributed by atoms with van der Waals surface area (Å²) in [4.78, 5) is 39.6. The van der Waals surface area contributed by atoms with Crippen LogP contribution in [0.25, 0.3) is 0 Å². The number of hydrogen-bond donors (Lipinski definition) is 0. The molecule has 0 fully saturated rings. The highest BCUT2D eigenvalue weighted by atomic mass is 16.5. The maximum atomic E-state index is 13.3. The Balaban J connectivity index is 1.20. The van der Waals surface area contributed by atoms with Gasteiger partial charge in [-0.3, -0.25) is 19.3 Å². The molecule has 3 aromatic carbocycles. The Morgan fingerprint density at radius 2 is 1.70 bits per heavy atom. The summed E-state index contributed by atoms with van der Waals surface area (Å²) in [5.41, 5.74) is 3.03. The highest BCUT2D eigenvalue weighted by molar-refractivity contribution is 6.21. The third-order valence-electron chi connectivity index (χ3n) is 6.81. The van der Waals surface area contributed by atoms with Crippen molar-refractivity contribution in [3.63, 3.8) is 0 Å². The van der Waals surface area contributed by atoms with Crippen molar-refractivity contribution in [1.29, 1.82) is 0 Å². The molecule has 2 aliphatic heterocycles. The number of amides is 3. The minimum absolute atomic E-state index is 0.216. The van der Waals surface area contributed by atoms with Crippen LogP contribution in [0.4, 0.5) is 0 Å². The Kier molecular flexibility index (Phi) is 8.10. The third kappa shape index (κ3) is 5.54. The minimum Gasteiger partial charge on any atom is -0.494 e. The van der Waals surface area contributed by atoms with Crippen LogP contribution < -0.4 is 14.2 Å².